The quantitative estimate of drug-likeness (QED) is 0.636. The van der Waals surface area contributed by atoms with E-state index in [0.717, 1.165) is 0 Å². The summed E-state index contributed by atoms with van der Waals surface area (Å²) >= 11 is 5.65. The molecular formula is C10H12ClN3O3. The van der Waals surface area contributed by atoms with Crippen molar-refractivity contribution in [2.45, 2.75) is 19.4 Å². The summed E-state index contributed by atoms with van der Waals surface area (Å²) in [6, 6.07) is 3.32. The topological polar surface area (TPSA) is 98.3 Å². The molecule has 0 unspecified atom stereocenters. The van der Waals surface area contributed by atoms with Crippen molar-refractivity contribution < 1.29 is 9.72 Å². The molecule has 1 aromatic rings. The van der Waals surface area contributed by atoms with Crippen LogP contribution < -0.4 is 11.1 Å². The Balaban J connectivity index is 2.98. The van der Waals surface area contributed by atoms with E-state index in [1.165, 1.54) is 18.2 Å². The lowest BCUT2D eigenvalue weighted by atomic mass is 10.2. The van der Waals surface area contributed by atoms with Crippen LogP contribution in [-0.4, -0.2) is 16.9 Å². The highest BCUT2D eigenvalue weighted by molar-refractivity contribution is 6.31. The first-order chi connectivity index (χ1) is 7.95. The Morgan fingerprint density at radius 1 is 1.65 bits per heavy atom. The van der Waals surface area contributed by atoms with E-state index in [-0.39, 0.29) is 16.4 Å². The summed E-state index contributed by atoms with van der Waals surface area (Å²) in [4.78, 5) is 21.7. The molecule has 0 aliphatic rings. The van der Waals surface area contributed by atoms with Crippen molar-refractivity contribution in [3.63, 3.8) is 0 Å². The van der Waals surface area contributed by atoms with Gasteiger partial charge in [-0.05, 0) is 18.6 Å². The maximum atomic E-state index is 11.5. The van der Waals surface area contributed by atoms with Crippen LogP contribution in [0, 0.1) is 10.1 Å². The first-order valence-electron chi connectivity index (χ1n) is 4.96. The molecule has 0 aliphatic carbocycles. The van der Waals surface area contributed by atoms with Crippen molar-refractivity contribution in [2.75, 3.05) is 5.32 Å². The van der Waals surface area contributed by atoms with Gasteiger partial charge < -0.3 is 11.1 Å². The molecular weight excluding hydrogens is 246 g/mol. The van der Waals surface area contributed by atoms with E-state index in [4.69, 9.17) is 17.3 Å². The molecule has 3 N–H and O–H groups in total. The minimum absolute atomic E-state index is 0.0910. The molecule has 0 aliphatic heterocycles. The summed E-state index contributed by atoms with van der Waals surface area (Å²) in [6.45, 7) is 1.75. The van der Waals surface area contributed by atoms with Crippen LogP contribution in [-0.2, 0) is 4.79 Å². The van der Waals surface area contributed by atoms with Gasteiger partial charge >= 0.3 is 0 Å². The summed E-state index contributed by atoms with van der Waals surface area (Å²) in [5.41, 5.74) is 5.35. The predicted octanol–water partition coefficient (Wildman–Crippen LogP) is 1.92. The van der Waals surface area contributed by atoms with Crippen LogP contribution in [0.15, 0.2) is 18.2 Å². The largest absolute Gasteiger partial charge is 0.320 e. The van der Waals surface area contributed by atoms with Crippen molar-refractivity contribution in [1.82, 2.24) is 0 Å². The van der Waals surface area contributed by atoms with Gasteiger partial charge in [-0.25, -0.2) is 0 Å². The van der Waals surface area contributed by atoms with Crippen LogP contribution in [0.2, 0.25) is 5.02 Å². The van der Waals surface area contributed by atoms with Gasteiger partial charge in [0.2, 0.25) is 5.91 Å². The Labute approximate surface area is 103 Å². The highest BCUT2D eigenvalue weighted by Crippen LogP contribution is 2.27. The fraction of sp³-hybridized carbons (Fsp3) is 0.300. The van der Waals surface area contributed by atoms with E-state index in [9.17, 15) is 14.9 Å². The lowest BCUT2D eigenvalue weighted by Crippen LogP contribution is -2.34. The van der Waals surface area contributed by atoms with Crippen molar-refractivity contribution in [3.05, 3.63) is 33.3 Å². The third-order valence-corrected chi connectivity index (χ3v) is 2.43. The number of benzene rings is 1. The fourth-order valence-electron chi connectivity index (χ4n) is 1.17. The van der Waals surface area contributed by atoms with E-state index < -0.39 is 16.9 Å². The zero-order valence-corrected chi connectivity index (χ0v) is 9.90. The van der Waals surface area contributed by atoms with Crippen molar-refractivity contribution in [1.29, 1.82) is 0 Å². The Morgan fingerprint density at radius 2 is 2.29 bits per heavy atom. The van der Waals surface area contributed by atoms with Gasteiger partial charge in [0.05, 0.1) is 11.0 Å². The maximum Gasteiger partial charge on any atom is 0.294 e. The summed E-state index contributed by atoms with van der Waals surface area (Å²) < 4.78 is 0. The summed E-state index contributed by atoms with van der Waals surface area (Å²) in [6.07, 6.45) is 0.452. The molecule has 7 heteroatoms. The molecule has 92 valence electrons. The number of amides is 1. The van der Waals surface area contributed by atoms with Crippen LogP contribution in [0.4, 0.5) is 11.4 Å². The van der Waals surface area contributed by atoms with E-state index in [1.54, 1.807) is 6.92 Å². The number of nitrogens with one attached hydrogen (secondary N) is 1. The van der Waals surface area contributed by atoms with Crippen molar-refractivity contribution in [2.24, 2.45) is 5.73 Å². The lowest BCUT2D eigenvalue weighted by molar-refractivity contribution is -0.383. The fourth-order valence-corrected chi connectivity index (χ4v) is 1.34. The van der Waals surface area contributed by atoms with Crippen LogP contribution in [0.25, 0.3) is 0 Å². The minimum atomic E-state index is -0.690. The van der Waals surface area contributed by atoms with Gasteiger partial charge in [-0.2, -0.15) is 0 Å². The third kappa shape index (κ3) is 3.40. The maximum absolute atomic E-state index is 11.5. The Hall–Kier alpha value is -1.66. The van der Waals surface area contributed by atoms with Gasteiger partial charge in [0, 0.05) is 11.1 Å². The standard InChI is InChI=1S/C10H12ClN3O3/c1-2-7(12)10(15)13-8-4-3-6(11)5-9(8)14(16)17/h3-5,7H,2,12H2,1H3,(H,13,15)/t7-/m0/s1. The molecule has 0 fully saturated rings. The molecule has 17 heavy (non-hydrogen) atoms. The van der Waals surface area contributed by atoms with E-state index >= 15 is 0 Å². The SMILES string of the molecule is CC[C@H](N)C(=O)Nc1ccc(Cl)cc1[N+](=O)[O-]. The highest BCUT2D eigenvalue weighted by atomic mass is 35.5. The molecule has 0 spiro atoms. The highest BCUT2D eigenvalue weighted by Gasteiger charge is 2.18. The number of halogens is 1. The molecule has 1 amide bonds. The van der Waals surface area contributed by atoms with Gasteiger partial charge in [0.1, 0.15) is 5.69 Å². The number of anilines is 1. The number of hydrogen-bond donors (Lipinski definition) is 2. The van der Waals surface area contributed by atoms with E-state index in [0.29, 0.717) is 6.42 Å². The van der Waals surface area contributed by atoms with Crippen molar-refractivity contribution in [3.8, 4) is 0 Å². The Morgan fingerprint density at radius 3 is 2.82 bits per heavy atom. The molecule has 0 bridgehead atoms. The average Bonchev–Trinajstić information content (AvgIpc) is 2.29. The average molecular weight is 258 g/mol. The smallest absolute Gasteiger partial charge is 0.294 e. The first-order valence-corrected chi connectivity index (χ1v) is 5.34. The number of carbonyl (C=O) groups excluding carboxylic acids is 1. The normalized spacial score (nSPS) is 11.9. The molecule has 1 aromatic carbocycles. The molecule has 0 radical (unpaired) electrons. The van der Waals surface area contributed by atoms with Crippen molar-refractivity contribution >= 4 is 28.9 Å². The van der Waals surface area contributed by atoms with E-state index in [1.807, 2.05) is 0 Å². The second kappa shape index (κ2) is 5.60. The molecule has 1 rings (SSSR count). The number of nitrogens with zero attached hydrogens (tertiary/aromatic N) is 1. The number of nitro benzene ring substituents is 1. The number of rotatable bonds is 4. The molecule has 0 saturated carbocycles. The Bertz CT molecular complexity index is 450. The molecule has 0 saturated heterocycles. The monoisotopic (exact) mass is 257 g/mol. The molecule has 6 nitrogen and oxygen atoms in total. The van der Waals surface area contributed by atoms with Crippen LogP contribution in [0.3, 0.4) is 0 Å². The van der Waals surface area contributed by atoms with Crippen LogP contribution in [0.5, 0.6) is 0 Å². The number of nitro groups is 1. The van der Waals surface area contributed by atoms with Gasteiger partial charge in [-0.1, -0.05) is 18.5 Å². The van der Waals surface area contributed by atoms with E-state index in [2.05, 4.69) is 5.32 Å². The third-order valence-electron chi connectivity index (χ3n) is 2.19. The van der Waals surface area contributed by atoms with Gasteiger partial charge in [0.15, 0.2) is 0 Å². The van der Waals surface area contributed by atoms with Gasteiger partial charge in [0.25, 0.3) is 5.69 Å². The zero-order valence-electron chi connectivity index (χ0n) is 9.14. The van der Waals surface area contributed by atoms with Crippen LogP contribution in [0.1, 0.15) is 13.3 Å². The number of hydrogen-bond acceptors (Lipinski definition) is 4. The lowest BCUT2D eigenvalue weighted by Gasteiger charge is -2.10. The Kier molecular flexibility index (Phi) is 4.42. The first kappa shape index (κ1) is 13.4. The van der Waals surface area contributed by atoms with Gasteiger partial charge in [-0.15, -0.1) is 0 Å². The predicted molar refractivity (Wildman–Crippen MR) is 65.0 cm³/mol. The number of carbonyl (C=O) groups is 1. The molecule has 0 heterocycles. The molecule has 0 aromatic heterocycles. The summed E-state index contributed by atoms with van der Waals surface area (Å²) in [5, 5.41) is 13.4. The van der Waals surface area contributed by atoms with Crippen LogP contribution >= 0.6 is 11.6 Å². The molecule has 1 atom stereocenters. The zero-order chi connectivity index (χ0) is 13.0. The summed E-state index contributed by atoms with van der Waals surface area (Å²) in [7, 11) is 0. The summed E-state index contributed by atoms with van der Waals surface area (Å²) in [5.74, 6) is -0.460. The number of nitrogens with two attached hydrogens (primary N) is 1. The minimum Gasteiger partial charge on any atom is -0.320 e. The second-order valence-electron chi connectivity index (χ2n) is 3.42. The van der Waals surface area contributed by atoms with Gasteiger partial charge in [-0.3, -0.25) is 14.9 Å². The second-order valence-corrected chi connectivity index (χ2v) is 3.86.